The number of halogens is 2. The van der Waals surface area contributed by atoms with Crippen LogP contribution in [0.1, 0.15) is 55.8 Å². The number of nitrogens with zero attached hydrogens (tertiary/aromatic N) is 6. The summed E-state index contributed by atoms with van der Waals surface area (Å²) in [7, 11) is 0. The molecular formula is C28H30F2N6O2. The number of hydrogen-bond acceptors (Lipinski definition) is 6. The van der Waals surface area contributed by atoms with E-state index in [2.05, 4.69) is 19.9 Å². The molecule has 0 N–H and O–H groups in total. The van der Waals surface area contributed by atoms with Gasteiger partial charge in [0.1, 0.15) is 34.4 Å². The van der Waals surface area contributed by atoms with Crippen molar-refractivity contribution in [3.05, 3.63) is 70.9 Å². The minimum Gasteiger partial charge on any atom is -0.444 e. The third-order valence-electron chi connectivity index (χ3n) is 6.56. The number of aryl methyl sites for hydroxylation is 2. The molecule has 1 aliphatic heterocycles. The van der Waals surface area contributed by atoms with Gasteiger partial charge >= 0.3 is 6.09 Å². The van der Waals surface area contributed by atoms with Crippen LogP contribution in [0, 0.1) is 25.5 Å². The number of benzene rings is 1. The van der Waals surface area contributed by atoms with Crippen LogP contribution in [0.4, 0.5) is 13.6 Å². The molecular weight excluding hydrogens is 490 g/mol. The largest absolute Gasteiger partial charge is 0.444 e. The van der Waals surface area contributed by atoms with Crippen LogP contribution >= 0.6 is 0 Å². The maximum Gasteiger partial charge on any atom is 0.410 e. The minimum atomic E-state index is -0.567. The van der Waals surface area contributed by atoms with Crippen molar-refractivity contribution in [1.29, 1.82) is 0 Å². The van der Waals surface area contributed by atoms with Crippen LogP contribution in [-0.2, 0) is 11.3 Å². The molecule has 3 aromatic heterocycles. The van der Waals surface area contributed by atoms with Gasteiger partial charge in [-0.2, -0.15) is 0 Å². The van der Waals surface area contributed by atoms with Gasteiger partial charge in [-0.05, 0) is 58.7 Å². The van der Waals surface area contributed by atoms with Gasteiger partial charge in [0, 0.05) is 36.3 Å². The zero-order valence-electron chi connectivity index (χ0n) is 22.1. The van der Waals surface area contributed by atoms with Crippen LogP contribution in [0.2, 0.25) is 0 Å². The Morgan fingerprint density at radius 2 is 1.89 bits per heavy atom. The summed E-state index contributed by atoms with van der Waals surface area (Å²) in [6, 6.07) is 6.53. The third kappa shape index (κ3) is 5.20. The molecule has 0 radical (unpaired) electrons. The van der Waals surface area contributed by atoms with Crippen molar-refractivity contribution in [3.63, 3.8) is 0 Å². The Hall–Kier alpha value is -3.95. The van der Waals surface area contributed by atoms with Crippen LogP contribution in [0.3, 0.4) is 0 Å². The van der Waals surface area contributed by atoms with E-state index in [4.69, 9.17) is 4.74 Å². The van der Waals surface area contributed by atoms with Crippen molar-refractivity contribution in [1.82, 2.24) is 29.4 Å². The van der Waals surface area contributed by atoms with Crippen LogP contribution in [0.25, 0.3) is 22.6 Å². The first-order valence-corrected chi connectivity index (χ1v) is 12.6. The molecule has 1 aliphatic rings. The first-order valence-electron chi connectivity index (χ1n) is 12.6. The van der Waals surface area contributed by atoms with Crippen molar-refractivity contribution in [2.24, 2.45) is 0 Å². The number of hydrogen-bond donors (Lipinski definition) is 0. The second kappa shape index (κ2) is 9.74. The molecule has 0 aliphatic carbocycles. The number of ether oxygens (including phenoxy) is 1. The maximum atomic E-state index is 15.5. The number of rotatable bonds is 4. The van der Waals surface area contributed by atoms with Gasteiger partial charge in [-0.25, -0.2) is 28.5 Å². The highest BCUT2D eigenvalue weighted by Crippen LogP contribution is 2.31. The third-order valence-corrected chi connectivity index (χ3v) is 6.56. The first-order chi connectivity index (χ1) is 18.0. The fraction of sp³-hybridized carbons (Fsp3) is 0.393. The van der Waals surface area contributed by atoms with Crippen molar-refractivity contribution >= 4 is 17.3 Å². The second-order valence-electron chi connectivity index (χ2n) is 10.7. The molecule has 1 fully saturated rings. The van der Waals surface area contributed by atoms with E-state index in [1.807, 2.05) is 33.8 Å². The average molecular weight is 521 g/mol. The molecule has 198 valence electrons. The van der Waals surface area contributed by atoms with E-state index in [1.54, 1.807) is 22.5 Å². The van der Waals surface area contributed by atoms with Gasteiger partial charge in [0.15, 0.2) is 5.65 Å². The Labute approximate surface area is 219 Å². The van der Waals surface area contributed by atoms with Gasteiger partial charge in [-0.3, -0.25) is 4.98 Å². The molecule has 1 saturated heterocycles. The van der Waals surface area contributed by atoms with Crippen molar-refractivity contribution < 1.29 is 18.3 Å². The summed E-state index contributed by atoms with van der Waals surface area (Å²) in [4.78, 5) is 31.7. The SMILES string of the molecule is Cc1nc(C)c2nc(-c3cncc(F)c3)n(Cc3ccc(C4CCN(C(=O)OC(C)(C)C)C4)cc3F)c2n1. The molecule has 8 nitrogen and oxygen atoms in total. The average Bonchev–Trinajstić information content (AvgIpc) is 3.45. The van der Waals surface area contributed by atoms with Gasteiger partial charge in [0.05, 0.1) is 18.4 Å². The number of imidazole rings is 1. The van der Waals surface area contributed by atoms with E-state index >= 15 is 4.39 Å². The summed E-state index contributed by atoms with van der Waals surface area (Å²) in [5, 5.41) is 0. The van der Waals surface area contributed by atoms with E-state index in [0.717, 1.165) is 18.2 Å². The van der Waals surface area contributed by atoms with E-state index < -0.39 is 11.4 Å². The monoisotopic (exact) mass is 520 g/mol. The molecule has 5 rings (SSSR count). The topological polar surface area (TPSA) is 86.0 Å². The van der Waals surface area contributed by atoms with Crippen LogP contribution < -0.4 is 0 Å². The van der Waals surface area contributed by atoms with Gasteiger partial charge in [-0.15, -0.1) is 0 Å². The predicted octanol–water partition coefficient (Wildman–Crippen LogP) is 5.56. The second-order valence-corrected chi connectivity index (χ2v) is 10.7. The molecule has 38 heavy (non-hydrogen) atoms. The van der Waals surface area contributed by atoms with E-state index in [1.165, 1.54) is 18.3 Å². The molecule has 0 saturated carbocycles. The molecule has 4 heterocycles. The van der Waals surface area contributed by atoms with Gasteiger partial charge in [0.25, 0.3) is 0 Å². The lowest BCUT2D eigenvalue weighted by Gasteiger charge is -2.24. The lowest BCUT2D eigenvalue weighted by atomic mass is 9.97. The van der Waals surface area contributed by atoms with Gasteiger partial charge < -0.3 is 14.2 Å². The fourth-order valence-electron chi connectivity index (χ4n) is 4.82. The highest BCUT2D eigenvalue weighted by Gasteiger charge is 2.31. The van der Waals surface area contributed by atoms with E-state index in [-0.39, 0.29) is 24.4 Å². The standard InChI is InChI=1S/C28H30F2N6O2/c1-16-24-26(33-17(2)32-16)36(25(34-24)21-10-22(29)13-31-12-21)15-20-7-6-18(11-23(20)30)19-8-9-35(14-19)27(37)38-28(3,4)5/h6-7,10-13,19H,8-9,14-15H2,1-5H3. The Morgan fingerprint density at radius 1 is 1.11 bits per heavy atom. The summed E-state index contributed by atoms with van der Waals surface area (Å²) in [6.07, 6.45) is 3.02. The zero-order valence-corrected chi connectivity index (χ0v) is 22.1. The lowest BCUT2D eigenvalue weighted by Crippen LogP contribution is -2.35. The molecule has 1 aromatic carbocycles. The summed E-state index contributed by atoms with van der Waals surface area (Å²) in [5.41, 5.74) is 2.96. The summed E-state index contributed by atoms with van der Waals surface area (Å²) < 4.78 is 36.7. The molecule has 0 spiro atoms. The zero-order chi connectivity index (χ0) is 27.2. The molecule has 4 aromatic rings. The van der Waals surface area contributed by atoms with E-state index in [0.29, 0.717) is 52.7 Å². The number of likely N-dealkylation sites (tertiary alicyclic amines) is 1. The minimum absolute atomic E-state index is 0.0205. The lowest BCUT2D eigenvalue weighted by molar-refractivity contribution is 0.0292. The van der Waals surface area contributed by atoms with Crippen LogP contribution in [0.15, 0.2) is 36.7 Å². The predicted molar refractivity (Wildman–Crippen MR) is 139 cm³/mol. The Kier molecular flexibility index (Phi) is 6.58. The summed E-state index contributed by atoms with van der Waals surface area (Å²) in [5.74, 6) is 0.152. The smallest absolute Gasteiger partial charge is 0.410 e. The molecule has 10 heteroatoms. The Morgan fingerprint density at radius 3 is 2.61 bits per heavy atom. The van der Waals surface area contributed by atoms with Crippen LogP contribution in [0.5, 0.6) is 0 Å². The first kappa shape index (κ1) is 25.7. The highest BCUT2D eigenvalue weighted by molar-refractivity contribution is 5.79. The molecule has 1 atom stereocenters. The van der Waals surface area contributed by atoms with Gasteiger partial charge in [-0.1, -0.05) is 12.1 Å². The Balaban J connectivity index is 1.45. The van der Waals surface area contributed by atoms with Crippen molar-refractivity contribution in [2.75, 3.05) is 13.1 Å². The van der Waals surface area contributed by atoms with E-state index in [9.17, 15) is 9.18 Å². The Bertz CT molecular complexity index is 1530. The number of carbonyl (C=O) groups excluding carboxylic acids is 1. The quantitative estimate of drug-likeness (QED) is 0.350. The summed E-state index contributed by atoms with van der Waals surface area (Å²) in [6.45, 7) is 10.3. The van der Waals surface area contributed by atoms with Crippen LogP contribution in [-0.4, -0.2) is 54.2 Å². The molecule has 0 bridgehead atoms. The maximum absolute atomic E-state index is 15.5. The fourth-order valence-corrected chi connectivity index (χ4v) is 4.82. The summed E-state index contributed by atoms with van der Waals surface area (Å²) >= 11 is 0. The van der Waals surface area contributed by atoms with Crippen molar-refractivity contribution in [2.45, 2.75) is 59.1 Å². The highest BCUT2D eigenvalue weighted by atomic mass is 19.1. The number of aromatic nitrogens is 5. The normalized spacial score (nSPS) is 15.9. The number of pyridine rings is 1. The molecule has 1 unspecified atom stereocenters. The van der Waals surface area contributed by atoms with Crippen molar-refractivity contribution in [3.8, 4) is 11.4 Å². The number of carbonyl (C=O) groups is 1. The number of fused-ring (bicyclic) bond motifs is 1. The van der Waals surface area contributed by atoms with Gasteiger partial charge in [0.2, 0.25) is 0 Å². The molecule has 1 amide bonds. The number of amides is 1.